The number of anilines is 1. The van der Waals surface area contributed by atoms with E-state index >= 15 is 0 Å². The summed E-state index contributed by atoms with van der Waals surface area (Å²) in [5.41, 5.74) is 4.24. The lowest BCUT2D eigenvalue weighted by Crippen LogP contribution is -2.35. The van der Waals surface area contributed by atoms with Crippen LogP contribution in [0.3, 0.4) is 0 Å². The van der Waals surface area contributed by atoms with Crippen LogP contribution in [0.15, 0.2) is 48.5 Å². The molecule has 2 aromatic rings. The highest BCUT2D eigenvalue weighted by molar-refractivity contribution is 7.99. The molecule has 0 atom stereocenters. The maximum Gasteiger partial charge on any atom is 0.409 e. The van der Waals surface area contributed by atoms with E-state index in [2.05, 4.69) is 17.4 Å². The standard InChI is InChI=1S/C20H22N2O3S/c1-25-20(24)22-10-9-16-7-8-18(11-17(16)12-22)21-19(23)14-26-13-15-5-3-2-4-6-15/h2-8,11H,9-10,12-14H2,1H3,(H,21,23). The van der Waals surface area contributed by atoms with Crippen LogP contribution in [0.1, 0.15) is 16.7 Å². The first-order valence-corrected chi connectivity index (χ1v) is 9.67. The van der Waals surface area contributed by atoms with Crippen molar-refractivity contribution in [1.82, 2.24) is 4.90 Å². The van der Waals surface area contributed by atoms with Crippen molar-refractivity contribution in [2.45, 2.75) is 18.7 Å². The SMILES string of the molecule is COC(=O)N1CCc2ccc(NC(=O)CSCc3ccccc3)cc2C1. The van der Waals surface area contributed by atoms with Crippen molar-refractivity contribution < 1.29 is 14.3 Å². The molecule has 0 fully saturated rings. The number of thioether (sulfide) groups is 1. The van der Waals surface area contributed by atoms with E-state index in [4.69, 9.17) is 4.74 Å². The number of carbonyl (C=O) groups excluding carboxylic acids is 2. The number of nitrogens with one attached hydrogen (secondary N) is 1. The molecule has 0 aromatic heterocycles. The molecule has 1 heterocycles. The van der Waals surface area contributed by atoms with Crippen LogP contribution in [-0.4, -0.2) is 36.3 Å². The number of amides is 2. The molecule has 1 aliphatic rings. The summed E-state index contributed by atoms with van der Waals surface area (Å²) in [7, 11) is 1.39. The van der Waals surface area contributed by atoms with E-state index in [0.717, 1.165) is 23.4 Å². The molecule has 0 spiro atoms. The zero-order valence-corrected chi connectivity index (χ0v) is 15.6. The molecule has 6 heteroatoms. The van der Waals surface area contributed by atoms with E-state index < -0.39 is 0 Å². The lowest BCUT2D eigenvalue weighted by molar-refractivity contribution is -0.113. The number of benzene rings is 2. The van der Waals surface area contributed by atoms with Gasteiger partial charge in [0, 0.05) is 24.5 Å². The molecule has 1 aliphatic heterocycles. The molecule has 0 saturated carbocycles. The lowest BCUT2D eigenvalue weighted by atomic mass is 9.99. The van der Waals surface area contributed by atoms with Gasteiger partial charge < -0.3 is 15.0 Å². The van der Waals surface area contributed by atoms with Crippen molar-refractivity contribution in [1.29, 1.82) is 0 Å². The highest BCUT2D eigenvalue weighted by atomic mass is 32.2. The van der Waals surface area contributed by atoms with Crippen molar-refractivity contribution in [3.05, 3.63) is 65.2 Å². The summed E-state index contributed by atoms with van der Waals surface area (Å²) < 4.78 is 4.79. The summed E-state index contributed by atoms with van der Waals surface area (Å²) in [6, 6.07) is 16.0. The van der Waals surface area contributed by atoms with Gasteiger partial charge in [-0.2, -0.15) is 0 Å². The number of rotatable bonds is 5. The Morgan fingerprint density at radius 3 is 2.73 bits per heavy atom. The number of carbonyl (C=O) groups is 2. The van der Waals surface area contributed by atoms with Crippen molar-refractivity contribution in [3.63, 3.8) is 0 Å². The molecule has 2 aromatic carbocycles. The van der Waals surface area contributed by atoms with E-state index in [1.54, 1.807) is 16.7 Å². The predicted octanol–water partition coefficient (Wildman–Crippen LogP) is 3.68. The average molecular weight is 370 g/mol. The Labute approximate surface area is 157 Å². The summed E-state index contributed by atoms with van der Waals surface area (Å²) in [6.45, 7) is 1.16. The fraction of sp³-hybridized carbons (Fsp3) is 0.300. The topological polar surface area (TPSA) is 58.6 Å². The summed E-state index contributed by atoms with van der Waals surface area (Å²) >= 11 is 1.59. The van der Waals surface area contributed by atoms with Gasteiger partial charge in [-0.1, -0.05) is 36.4 Å². The van der Waals surface area contributed by atoms with Crippen LogP contribution >= 0.6 is 11.8 Å². The largest absolute Gasteiger partial charge is 0.453 e. The van der Waals surface area contributed by atoms with Gasteiger partial charge in [0.1, 0.15) is 0 Å². The summed E-state index contributed by atoms with van der Waals surface area (Å²) in [6.07, 6.45) is 0.480. The van der Waals surface area contributed by atoms with Crippen LogP contribution in [0.25, 0.3) is 0 Å². The first kappa shape index (κ1) is 18.3. The average Bonchev–Trinajstić information content (AvgIpc) is 2.67. The highest BCUT2D eigenvalue weighted by Crippen LogP contribution is 2.23. The number of ether oxygens (including phenoxy) is 1. The van der Waals surface area contributed by atoms with Gasteiger partial charge >= 0.3 is 6.09 Å². The van der Waals surface area contributed by atoms with Gasteiger partial charge in [0.2, 0.25) is 5.91 Å². The Balaban J connectivity index is 1.53. The fourth-order valence-electron chi connectivity index (χ4n) is 2.95. The minimum absolute atomic E-state index is 0.0217. The van der Waals surface area contributed by atoms with Crippen LogP contribution in [-0.2, 0) is 28.2 Å². The van der Waals surface area contributed by atoms with Crippen molar-refractivity contribution in [2.75, 3.05) is 24.7 Å². The zero-order chi connectivity index (χ0) is 18.4. The van der Waals surface area contributed by atoms with Crippen LogP contribution in [0.4, 0.5) is 10.5 Å². The summed E-state index contributed by atoms with van der Waals surface area (Å²) in [4.78, 5) is 25.5. The molecular formula is C20H22N2O3S. The number of methoxy groups -OCH3 is 1. The fourth-order valence-corrected chi connectivity index (χ4v) is 3.74. The van der Waals surface area contributed by atoms with Gasteiger partial charge in [0.25, 0.3) is 0 Å². The molecule has 1 N–H and O–H groups in total. The normalized spacial score (nSPS) is 13.0. The Morgan fingerprint density at radius 2 is 1.96 bits per heavy atom. The van der Waals surface area contributed by atoms with E-state index in [9.17, 15) is 9.59 Å². The van der Waals surface area contributed by atoms with Gasteiger partial charge in [0.15, 0.2) is 0 Å². The van der Waals surface area contributed by atoms with Gasteiger partial charge in [-0.25, -0.2) is 4.79 Å². The molecule has 26 heavy (non-hydrogen) atoms. The first-order chi connectivity index (χ1) is 12.7. The molecule has 0 bridgehead atoms. The van der Waals surface area contributed by atoms with Crippen molar-refractivity contribution >= 4 is 29.4 Å². The molecule has 136 valence electrons. The quantitative estimate of drug-likeness (QED) is 0.872. The van der Waals surface area contributed by atoms with Crippen LogP contribution in [0.5, 0.6) is 0 Å². The van der Waals surface area contributed by atoms with Gasteiger partial charge in [-0.15, -0.1) is 11.8 Å². The third-order valence-electron chi connectivity index (χ3n) is 4.28. The monoisotopic (exact) mass is 370 g/mol. The second-order valence-corrected chi connectivity index (χ2v) is 7.14. The molecule has 3 rings (SSSR count). The van der Waals surface area contributed by atoms with Crippen LogP contribution in [0, 0.1) is 0 Å². The van der Waals surface area contributed by atoms with Crippen LogP contribution in [0.2, 0.25) is 0 Å². The molecule has 0 radical (unpaired) electrons. The molecule has 0 unspecified atom stereocenters. The second kappa shape index (κ2) is 8.76. The minimum Gasteiger partial charge on any atom is -0.453 e. The maximum atomic E-state index is 12.2. The summed E-state index contributed by atoms with van der Waals surface area (Å²) in [5, 5.41) is 2.94. The molecule has 0 aliphatic carbocycles. The number of hydrogen-bond acceptors (Lipinski definition) is 4. The predicted molar refractivity (Wildman–Crippen MR) is 104 cm³/mol. The molecule has 2 amide bonds. The molecule has 5 nitrogen and oxygen atoms in total. The summed E-state index contributed by atoms with van der Waals surface area (Å²) in [5.74, 6) is 1.19. The minimum atomic E-state index is -0.317. The van der Waals surface area contributed by atoms with Gasteiger partial charge in [-0.05, 0) is 35.2 Å². The van der Waals surface area contributed by atoms with E-state index in [1.807, 2.05) is 36.4 Å². The van der Waals surface area contributed by atoms with E-state index in [-0.39, 0.29) is 12.0 Å². The maximum absolute atomic E-state index is 12.2. The van der Waals surface area contributed by atoms with Crippen LogP contribution < -0.4 is 5.32 Å². The molecule has 0 saturated heterocycles. The number of nitrogens with zero attached hydrogens (tertiary/aromatic N) is 1. The zero-order valence-electron chi connectivity index (χ0n) is 14.7. The van der Waals surface area contributed by atoms with E-state index in [1.165, 1.54) is 18.2 Å². The first-order valence-electron chi connectivity index (χ1n) is 8.52. The van der Waals surface area contributed by atoms with E-state index in [0.29, 0.717) is 18.8 Å². The van der Waals surface area contributed by atoms with Gasteiger partial charge in [-0.3, -0.25) is 4.79 Å². The highest BCUT2D eigenvalue weighted by Gasteiger charge is 2.21. The van der Waals surface area contributed by atoms with Crippen molar-refractivity contribution in [3.8, 4) is 0 Å². The lowest BCUT2D eigenvalue weighted by Gasteiger charge is -2.28. The Hall–Kier alpha value is -2.47. The smallest absolute Gasteiger partial charge is 0.409 e. The Bertz CT molecular complexity index is 780. The Morgan fingerprint density at radius 1 is 1.15 bits per heavy atom. The second-order valence-electron chi connectivity index (χ2n) is 6.15. The Kier molecular flexibility index (Phi) is 6.17. The number of hydrogen-bond donors (Lipinski definition) is 1. The van der Waals surface area contributed by atoms with Gasteiger partial charge in [0.05, 0.1) is 12.9 Å². The number of fused-ring (bicyclic) bond motifs is 1. The van der Waals surface area contributed by atoms with Crippen molar-refractivity contribution in [2.24, 2.45) is 0 Å². The molecular weight excluding hydrogens is 348 g/mol. The third kappa shape index (κ3) is 4.79. The third-order valence-corrected chi connectivity index (χ3v) is 5.28.